The molecule has 0 aromatic carbocycles. The number of thiazole rings is 1. The molecule has 3 heterocycles. The Labute approximate surface area is 170 Å². The number of Topliss-reactive ketones (excluding diaryl/α,β-unsaturated/α-hetero) is 1. The minimum absolute atomic E-state index is 0.0837. The first-order valence-electron chi connectivity index (χ1n) is 8.70. The maximum atomic E-state index is 13.0. The van der Waals surface area contributed by atoms with Crippen LogP contribution in [0.5, 0.6) is 0 Å². The summed E-state index contributed by atoms with van der Waals surface area (Å²) in [5, 5.41) is 11.5. The van der Waals surface area contributed by atoms with Gasteiger partial charge in [-0.1, -0.05) is 0 Å². The van der Waals surface area contributed by atoms with Crippen molar-refractivity contribution in [3.05, 3.63) is 45.6 Å². The zero-order valence-corrected chi connectivity index (χ0v) is 17.2. The van der Waals surface area contributed by atoms with Gasteiger partial charge in [0.15, 0.2) is 10.8 Å². The molecule has 1 N–H and O–H groups in total. The zero-order chi connectivity index (χ0) is 21.1. The Balaban J connectivity index is 2.12. The van der Waals surface area contributed by atoms with Crippen molar-refractivity contribution < 1.29 is 14.3 Å². The first kappa shape index (κ1) is 20.6. The molecular formula is C18H20N6O4S. The van der Waals surface area contributed by atoms with Crippen LogP contribution < -0.4 is 10.9 Å². The summed E-state index contributed by atoms with van der Waals surface area (Å²) in [4.78, 5) is 41.9. The van der Waals surface area contributed by atoms with Crippen molar-refractivity contribution >= 4 is 23.0 Å². The molecule has 0 bridgehead atoms. The Morgan fingerprint density at radius 2 is 2.10 bits per heavy atom. The lowest BCUT2D eigenvalue weighted by Crippen LogP contribution is -2.39. The van der Waals surface area contributed by atoms with E-state index in [-0.39, 0.29) is 17.4 Å². The number of aryl methyl sites for hydroxylation is 1. The number of nitrogens with one attached hydrogen (secondary N) is 1. The molecule has 0 saturated carbocycles. The Morgan fingerprint density at radius 1 is 1.34 bits per heavy atom. The van der Waals surface area contributed by atoms with E-state index in [0.717, 1.165) is 16.0 Å². The van der Waals surface area contributed by atoms with Crippen molar-refractivity contribution in [2.75, 3.05) is 13.7 Å². The van der Waals surface area contributed by atoms with Crippen LogP contribution in [0.25, 0.3) is 16.3 Å². The summed E-state index contributed by atoms with van der Waals surface area (Å²) in [6.07, 6.45) is 4.58. The molecule has 3 rings (SSSR count). The SMILES string of the molecule is COC[C@H](C)NC(=O)c1cc(-c2cnc(C(C)=O)s2)nn(-c2cnn(C)c2)c1=O. The molecule has 0 radical (unpaired) electrons. The normalized spacial score (nSPS) is 12.0. The van der Waals surface area contributed by atoms with Gasteiger partial charge in [-0.05, 0) is 13.0 Å². The van der Waals surface area contributed by atoms with Gasteiger partial charge >= 0.3 is 0 Å². The fourth-order valence-corrected chi connectivity index (χ4v) is 3.39. The van der Waals surface area contributed by atoms with Gasteiger partial charge in [-0.2, -0.15) is 14.9 Å². The summed E-state index contributed by atoms with van der Waals surface area (Å²) in [5.41, 5.74) is 0.0948. The largest absolute Gasteiger partial charge is 0.383 e. The molecule has 0 spiro atoms. The number of ketones is 1. The molecule has 0 fully saturated rings. The van der Waals surface area contributed by atoms with Crippen molar-refractivity contribution in [3.63, 3.8) is 0 Å². The average Bonchev–Trinajstić information content (AvgIpc) is 3.31. The van der Waals surface area contributed by atoms with E-state index in [9.17, 15) is 14.4 Å². The summed E-state index contributed by atoms with van der Waals surface area (Å²) in [6, 6.07) is 1.12. The Kier molecular flexibility index (Phi) is 5.99. The summed E-state index contributed by atoms with van der Waals surface area (Å²) < 4.78 is 7.67. The van der Waals surface area contributed by atoms with Crippen LogP contribution in [0.4, 0.5) is 0 Å². The van der Waals surface area contributed by atoms with Crippen molar-refractivity contribution in [3.8, 4) is 16.3 Å². The highest BCUT2D eigenvalue weighted by Gasteiger charge is 2.20. The number of methoxy groups -OCH3 is 1. The predicted molar refractivity (Wildman–Crippen MR) is 107 cm³/mol. The van der Waals surface area contributed by atoms with Crippen molar-refractivity contribution in [2.45, 2.75) is 19.9 Å². The first-order valence-corrected chi connectivity index (χ1v) is 9.52. The topological polar surface area (TPSA) is 121 Å². The minimum atomic E-state index is -0.583. The number of hydrogen-bond donors (Lipinski definition) is 1. The van der Waals surface area contributed by atoms with Gasteiger partial charge in [0.25, 0.3) is 11.5 Å². The van der Waals surface area contributed by atoms with Crippen LogP contribution in [0, 0.1) is 0 Å². The van der Waals surface area contributed by atoms with Gasteiger partial charge in [-0.3, -0.25) is 19.1 Å². The van der Waals surface area contributed by atoms with E-state index in [1.54, 1.807) is 20.2 Å². The molecule has 1 atom stereocenters. The molecule has 10 nitrogen and oxygen atoms in total. The fraction of sp³-hybridized carbons (Fsp3) is 0.333. The van der Waals surface area contributed by atoms with Gasteiger partial charge in [0.1, 0.15) is 16.9 Å². The number of hydrogen-bond acceptors (Lipinski definition) is 8. The van der Waals surface area contributed by atoms with Crippen LogP contribution in [-0.4, -0.2) is 56.0 Å². The van der Waals surface area contributed by atoms with Crippen molar-refractivity contribution in [2.24, 2.45) is 7.05 Å². The van der Waals surface area contributed by atoms with Gasteiger partial charge in [-0.15, -0.1) is 11.3 Å². The lowest BCUT2D eigenvalue weighted by Gasteiger charge is -2.13. The smallest absolute Gasteiger partial charge is 0.284 e. The molecule has 0 saturated heterocycles. The molecule has 152 valence electrons. The fourth-order valence-electron chi connectivity index (χ4n) is 2.62. The van der Waals surface area contributed by atoms with Crippen molar-refractivity contribution in [1.82, 2.24) is 29.9 Å². The first-order chi connectivity index (χ1) is 13.8. The maximum absolute atomic E-state index is 13.0. The van der Waals surface area contributed by atoms with E-state index in [1.807, 2.05) is 0 Å². The number of carbonyl (C=O) groups excluding carboxylic acids is 2. The highest BCUT2D eigenvalue weighted by atomic mass is 32.1. The van der Waals surface area contributed by atoms with Crippen LogP contribution in [-0.2, 0) is 11.8 Å². The summed E-state index contributed by atoms with van der Waals surface area (Å²) in [7, 11) is 3.24. The predicted octanol–water partition coefficient (Wildman–Crippen LogP) is 1.06. The summed E-state index contributed by atoms with van der Waals surface area (Å²) in [5.74, 6) is -0.717. The molecular weight excluding hydrogens is 396 g/mol. The van der Waals surface area contributed by atoms with Gasteiger partial charge in [0, 0.05) is 33.3 Å². The Bertz CT molecular complexity index is 1120. The van der Waals surface area contributed by atoms with Crippen LogP contribution in [0.3, 0.4) is 0 Å². The van der Waals surface area contributed by atoms with E-state index in [0.29, 0.717) is 27.9 Å². The summed E-state index contributed by atoms with van der Waals surface area (Å²) in [6.45, 7) is 3.49. The van der Waals surface area contributed by atoms with Gasteiger partial charge in [0.05, 0.1) is 23.9 Å². The zero-order valence-electron chi connectivity index (χ0n) is 16.4. The lowest BCUT2D eigenvalue weighted by atomic mass is 10.2. The number of nitrogens with zero attached hydrogens (tertiary/aromatic N) is 5. The molecule has 3 aromatic heterocycles. The standard InChI is InChI=1S/C18H20N6O4S/c1-10(9-28-4)21-16(26)13-5-14(15-7-19-17(29-15)11(2)25)22-24(18(13)27)12-6-20-23(3)8-12/h5-8,10H,9H2,1-4H3,(H,21,26)/t10-/m0/s1. The molecule has 0 unspecified atom stereocenters. The molecule has 3 aromatic rings. The van der Waals surface area contributed by atoms with Crippen molar-refractivity contribution in [1.29, 1.82) is 0 Å². The second-order valence-electron chi connectivity index (χ2n) is 6.45. The van der Waals surface area contributed by atoms with Gasteiger partial charge in [-0.25, -0.2) is 4.98 Å². The molecule has 29 heavy (non-hydrogen) atoms. The van der Waals surface area contributed by atoms with E-state index in [1.165, 1.54) is 37.2 Å². The molecule has 0 aliphatic rings. The average molecular weight is 416 g/mol. The number of aromatic nitrogens is 5. The third-order valence-electron chi connectivity index (χ3n) is 3.95. The van der Waals surface area contributed by atoms with Crippen LogP contribution in [0.15, 0.2) is 29.5 Å². The second-order valence-corrected chi connectivity index (χ2v) is 7.48. The second kappa shape index (κ2) is 8.45. The van der Waals surface area contributed by atoms with E-state index < -0.39 is 11.5 Å². The van der Waals surface area contributed by atoms with Crippen LogP contribution in [0.1, 0.15) is 34.0 Å². The number of carbonyl (C=O) groups is 2. The molecule has 0 aliphatic carbocycles. The van der Waals surface area contributed by atoms with Gasteiger partial charge < -0.3 is 10.1 Å². The number of amides is 1. The van der Waals surface area contributed by atoms with E-state index >= 15 is 0 Å². The van der Waals surface area contributed by atoms with E-state index in [4.69, 9.17) is 4.74 Å². The Morgan fingerprint density at radius 3 is 2.69 bits per heavy atom. The third kappa shape index (κ3) is 4.46. The third-order valence-corrected chi connectivity index (χ3v) is 5.07. The van der Waals surface area contributed by atoms with E-state index in [2.05, 4.69) is 20.5 Å². The van der Waals surface area contributed by atoms with Crippen LogP contribution >= 0.6 is 11.3 Å². The molecule has 0 aliphatic heterocycles. The highest BCUT2D eigenvalue weighted by molar-refractivity contribution is 7.16. The number of ether oxygens (including phenoxy) is 1. The minimum Gasteiger partial charge on any atom is -0.383 e. The van der Waals surface area contributed by atoms with Gasteiger partial charge in [0.2, 0.25) is 0 Å². The summed E-state index contributed by atoms with van der Waals surface area (Å²) >= 11 is 1.14. The molecule has 1 amide bonds. The Hall–Kier alpha value is -3.18. The monoisotopic (exact) mass is 416 g/mol. The lowest BCUT2D eigenvalue weighted by molar-refractivity contribution is 0.0903. The highest BCUT2D eigenvalue weighted by Crippen LogP contribution is 2.25. The number of rotatable bonds is 7. The maximum Gasteiger partial charge on any atom is 0.284 e. The van der Waals surface area contributed by atoms with Crippen LogP contribution in [0.2, 0.25) is 0 Å². The molecule has 11 heteroatoms. The quantitative estimate of drug-likeness (QED) is 0.572.